The number of nitrogens with zero attached hydrogens (tertiary/aromatic N) is 2. The van der Waals surface area contributed by atoms with E-state index in [4.69, 9.17) is 0 Å². The smallest absolute Gasteiger partial charge is 0.0608 e. The molecule has 0 bridgehead atoms. The summed E-state index contributed by atoms with van der Waals surface area (Å²) in [5.41, 5.74) is 7.90. The fourth-order valence-electron chi connectivity index (χ4n) is 4.53. The van der Waals surface area contributed by atoms with Crippen LogP contribution in [0.2, 0.25) is 0 Å². The molecular formula is C25H20FIrN2-. The molecule has 3 aromatic carbocycles. The quantitative estimate of drug-likeness (QED) is 0.170. The molecule has 0 unspecified atom stereocenters. The number of pyridine rings is 1. The summed E-state index contributed by atoms with van der Waals surface area (Å²) in [6.45, 7) is 8.25. The van der Waals surface area contributed by atoms with Crippen LogP contribution in [0.25, 0.3) is 38.4 Å². The van der Waals surface area contributed by atoms with Gasteiger partial charge in [0.15, 0.2) is 0 Å². The van der Waals surface area contributed by atoms with E-state index in [2.05, 4.69) is 73.5 Å². The van der Waals surface area contributed by atoms with Crippen LogP contribution in [0.5, 0.6) is 0 Å². The molecule has 0 spiro atoms. The van der Waals surface area contributed by atoms with Crippen molar-refractivity contribution in [2.24, 2.45) is 0 Å². The monoisotopic (exact) mass is 560 g/mol. The number of hydrogen-bond donors (Lipinski definition) is 0. The summed E-state index contributed by atoms with van der Waals surface area (Å²) >= 11 is 0. The van der Waals surface area contributed by atoms with Crippen molar-refractivity contribution in [3.05, 3.63) is 82.9 Å². The molecule has 0 saturated heterocycles. The van der Waals surface area contributed by atoms with Crippen LogP contribution in [0.4, 0.5) is 4.39 Å². The Morgan fingerprint density at radius 1 is 0.931 bits per heavy atom. The SMILES string of the molecule is Cc1cc(C)c(-c2c(F)c[c-]c3c2c2cc(C)ccc2n2ccnc32)c(C)c1.[Ir]. The molecule has 0 aliphatic carbocycles. The molecule has 0 N–H and O–H groups in total. The topological polar surface area (TPSA) is 17.3 Å². The minimum absolute atomic E-state index is 0. The number of hydrogen-bond acceptors (Lipinski definition) is 1. The molecule has 0 atom stereocenters. The maximum absolute atomic E-state index is 15.4. The van der Waals surface area contributed by atoms with Gasteiger partial charge in [-0.15, -0.1) is 12.1 Å². The Morgan fingerprint density at radius 2 is 1.66 bits per heavy atom. The van der Waals surface area contributed by atoms with Crippen molar-refractivity contribution in [3.8, 4) is 11.1 Å². The Bertz CT molecular complexity index is 1390. The summed E-state index contributed by atoms with van der Waals surface area (Å²) in [7, 11) is 0. The second-order valence-corrected chi connectivity index (χ2v) is 7.68. The second-order valence-electron chi connectivity index (χ2n) is 7.68. The summed E-state index contributed by atoms with van der Waals surface area (Å²) in [6.07, 6.45) is 3.74. The first-order valence-electron chi connectivity index (χ1n) is 9.43. The Kier molecular flexibility index (Phi) is 4.80. The predicted octanol–water partition coefficient (Wildman–Crippen LogP) is 6.48. The van der Waals surface area contributed by atoms with Gasteiger partial charge in [0.1, 0.15) is 0 Å². The number of imidazole rings is 1. The second kappa shape index (κ2) is 7.05. The van der Waals surface area contributed by atoms with Crippen molar-refractivity contribution < 1.29 is 24.5 Å². The first-order chi connectivity index (χ1) is 13.5. The van der Waals surface area contributed by atoms with Crippen LogP contribution in [0.1, 0.15) is 22.3 Å². The molecule has 1 radical (unpaired) electrons. The minimum atomic E-state index is -0.249. The zero-order chi connectivity index (χ0) is 19.6. The predicted molar refractivity (Wildman–Crippen MR) is 113 cm³/mol. The van der Waals surface area contributed by atoms with E-state index in [1.807, 2.05) is 6.20 Å². The zero-order valence-corrected chi connectivity index (χ0v) is 19.1. The molecule has 147 valence electrons. The zero-order valence-electron chi connectivity index (χ0n) is 16.7. The summed E-state index contributed by atoms with van der Waals surface area (Å²) in [5, 5.41) is 2.75. The van der Waals surface area contributed by atoms with E-state index >= 15 is 4.39 Å². The molecule has 0 fully saturated rings. The van der Waals surface area contributed by atoms with E-state index in [0.29, 0.717) is 5.56 Å². The molecular weight excluding hydrogens is 540 g/mol. The van der Waals surface area contributed by atoms with Crippen molar-refractivity contribution in [1.82, 2.24) is 9.38 Å². The van der Waals surface area contributed by atoms with E-state index in [1.54, 1.807) is 6.20 Å². The van der Waals surface area contributed by atoms with Crippen LogP contribution >= 0.6 is 0 Å². The molecule has 0 saturated carbocycles. The number of benzene rings is 3. The summed E-state index contributed by atoms with van der Waals surface area (Å²) in [5.74, 6) is -0.249. The third-order valence-electron chi connectivity index (χ3n) is 5.55. The van der Waals surface area contributed by atoms with Crippen LogP contribution in [-0.2, 0) is 20.1 Å². The third-order valence-corrected chi connectivity index (χ3v) is 5.55. The van der Waals surface area contributed by atoms with Gasteiger partial charge in [0.2, 0.25) is 0 Å². The summed E-state index contributed by atoms with van der Waals surface area (Å²) < 4.78 is 17.4. The van der Waals surface area contributed by atoms with Crippen LogP contribution < -0.4 is 0 Å². The number of aryl methyl sites for hydroxylation is 4. The standard InChI is InChI=1S/C25H20FN2.Ir/c1-14-5-8-21-19(13-14)23-18(25-27-9-10-28(21)25)6-7-20(26)24(23)22-16(3)11-15(2)12-17(22)4;/h5,7-13H,1-4H3;/q-1;. The van der Waals surface area contributed by atoms with Gasteiger partial charge in [-0.25, -0.2) is 0 Å². The maximum atomic E-state index is 15.4. The first-order valence-corrected chi connectivity index (χ1v) is 9.43. The first kappa shape index (κ1) is 19.8. The van der Waals surface area contributed by atoms with E-state index in [1.165, 1.54) is 11.6 Å². The Balaban J connectivity index is 0.00000205. The molecule has 29 heavy (non-hydrogen) atoms. The summed E-state index contributed by atoms with van der Waals surface area (Å²) in [6, 6.07) is 15.1. The van der Waals surface area contributed by atoms with Crippen LogP contribution in [-0.4, -0.2) is 9.38 Å². The van der Waals surface area contributed by atoms with Gasteiger partial charge < -0.3 is 4.40 Å². The van der Waals surface area contributed by atoms with Crippen molar-refractivity contribution in [1.29, 1.82) is 0 Å². The number of fused-ring (bicyclic) bond motifs is 6. The van der Waals surface area contributed by atoms with E-state index in [9.17, 15) is 0 Å². The molecule has 0 aliphatic rings. The molecule has 2 heterocycles. The number of halogens is 1. The van der Waals surface area contributed by atoms with Gasteiger partial charge in [0.05, 0.1) is 5.65 Å². The largest absolute Gasteiger partial charge is 0.340 e. The normalized spacial score (nSPS) is 11.3. The van der Waals surface area contributed by atoms with Crippen LogP contribution in [0.3, 0.4) is 0 Å². The van der Waals surface area contributed by atoms with E-state index in [-0.39, 0.29) is 25.9 Å². The molecule has 5 aromatic rings. The Morgan fingerprint density at radius 3 is 2.38 bits per heavy atom. The van der Waals surface area contributed by atoms with E-state index < -0.39 is 0 Å². The molecule has 2 nitrogen and oxygen atoms in total. The molecule has 0 aliphatic heterocycles. The van der Waals surface area contributed by atoms with Gasteiger partial charge in [-0.3, -0.25) is 9.37 Å². The Hall–Kier alpha value is -2.55. The van der Waals surface area contributed by atoms with Crippen molar-refractivity contribution >= 4 is 27.3 Å². The van der Waals surface area contributed by atoms with Gasteiger partial charge in [-0.2, -0.15) is 0 Å². The average Bonchev–Trinajstić information content (AvgIpc) is 3.12. The van der Waals surface area contributed by atoms with E-state index in [0.717, 1.165) is 49.6 Å². The average molecular weight is 560 g/mol. The number of rotatable bonds is 1. The number of aromatic nitrogens is 2. The minimum Gasteiger partial charge on any atom is -0.340 e. The van der Waals surface area contributed by atoms with Crippen molar-refractivity contribution in [2.45, 2.75) is 27.7 Å². The van der Waals surface area contributed by atoms with Crippen molar-refractivity contribution in [3.63, 3.8) is 0 Å². The summed E-state index contributed by atoms with van der Waals surface area (Å²) in [4.78, 5) is 4.55. The van der Waals surface area contributed by atoms with Crippen LogP contribution in [0.15, 0.2) is 48.8 Å². The molecule has 4 heteroatoms. The molecule has 2 aromatic heterocycles. The fourth-order valence-corrected chi connectivity index (χ4v) is 4.53. The van der Waals surface area contributed by atoms with Crippen LogP contribution in [0, 0.1) is 39.6 Å². The van der Waals surface area contributed by atoms with Gasteiger partial charge in [-0.1, -0.05) is 51.7 Å². The molecule has 5 rings (SSSR count). The van der Waals surface area contributed by atoms with Gasteiger partial charge in [0, 0.05) is 43.8 Å². The molecule has 0 amide bonds. The maximum Gasteiger partial charge on any atom is 0.0608 e. The Labute approximate surface area is 182 Å². The fraction of sp³-hybridized carbons (Fsp3) is 0.160. The van der Waals surface area contributed by atoms with Gasteiger partial charge in [0.25, 0.3) is 0 Å². The van der Waals surface area contributed by atoms with Gasteiger partial charge in [-0.05, 0) is 55.8 Å². The third kappa shape index (κ3) is 2.90. The van der Waals surface area contributed by atoms with Crippen molar-refractivity contribution in [2.75, 3.05) is 0 Å². The van der Waals surface area contributed by atoms with Gasteiger partial charge >= 0.3 is 0 Å².